The molecule has 138 valence electrons. The van der Waals surface area contributed by atoms with E-state index in [0.29, 0.717) is 42.9 Å². The summed E-state index contributed by atoms with van der Waals surface area (Å²) in [6, 6.07) is 0.190. The maximum absolute atomic E-state index is 12.4. The van der Waals surface area contributed by atoms with E-state index in [1.54, 1.807) is 4.90 Å². The van der Waals surface area contributed by atoms with Crippen molar-refractivity contribution in [3.05, 3.63) is 5.56 Å². The van der Waals surface area contributed by atoms with E-state index in [-0.39, 0.29) is 24.4 Å². The Hall–Kier alpha value is -1.93. The molecule has 2 aliphatic rings. The number of carbonyl (C=O) groups excluding carboxylic acids is 1. The molecule has 1 aromatic rings. The van der Waals surface area contributed by atoms with Crippen molar-refractivity contribution in [3.63, 3.8) is 0 Å². The molecule has 8 heteroatoms. The lowest BCUT2D eigenvalue weighted by atomic mass is 10.00. The quantitative estimate of drug-likeness (QED) is 0.737. The van der Waals surface area contributed by atoms with Crippen molar-refractivity contribution in [1.29, 1.82) is 0 Å². The first-order valence-corrected chi connectivity index (χ1v) is 8.83. The number of hydrogen-bond acceptors (Lipinski definition) is 7. The minimum atomic E-state index is 0.0165. The molecule has 2 N–H and O–H groups in total. The smallest absolute Gasteiger partial charge is 0.320 e. The minimum Gasteiger partial charge on any atom is -0.461 e. The molecule has 3 rings (SSSR count). The number of nitrogens with zero attached hydrogens (tertiary/aromatic N) is 3. The highest BCUT2D eigenvalue weighted by atomic mass is 16.5. The monoisotopic (exact) mass is 350 g/mol. The van der Waals surface area contributed by atoms with Gasteiger partial charge >= 0.3 is 6.01 Å². The first-order valence-electron chi connectivity index (χ1n) is 8.83. The highest BCUT2D eigenvalue weighted by Gasteiger charge is 2.34. The van der Waals surface area contributed by atoms with Crippen molar-refractivity contribution in [1.82, 2.24) is 9.97 Å². The molecule has 1 amide bonds. The number of nitrogen functional groups attached to an aromatic ring is 1. The summed E-state index contributed by atoms with van der Waals surface area (Å²) in [5.74, 6) is 1.34. The van der Waals surface area contributed by atoms with Gasteiger partial charge in [-0.1, -0.05) is 0 Å². The van der Waals surface area contributed by atoms with E-state index in [4.69, 9.17) is 19.9 Å². The van der Waals surface area contributed by atoms with E-state index >= 15 is 0 Å². The molecule has 0 spiro atoms. The van der Waals surface area contributed by atoms with E-state index in [9.17, 15) is 4.79 Å². The number of aromatic nitrogens is 2. The predicted octanol–water partition coefficient (Wildman–Crippen LogP) is 1.18. The third-order valence-corrected chi connectivity index (χ3v) is 4.43. The summed E-state index contributed by atoms with van der Waals surface area (Å²) in [4.78, 5) is 22.7. The highest BCUT2D eigenvalue weighted by Crippen LogP contribution is 2.33. The third kappa shape index (κ3) is 4.38. The summed E-state index contributed by atoms with van der Waals surface area (Å²) >= 11 is 0. The largest absolute Gasteiger partial charge is 0.461 e. The van der Waals surface area contributed by atoms with Crippen LogP contribution in [0.15, 0.2) is 0 Å². The van der Waals surface area contributed by atoms with Crippen LogP contribution in [-0.4, -0.2) is 55.0 Å². The summed E-state index contributed by atoms with van der Waals surface area (Å²) in [5, 5.41) is 0. The maximum Gasteiger partial charge on any atom is 0.320 e. The second kappa shape index (κ2) is 7.97. The molecule has 25 heavy (non-hydrogen) atoms. The molecule has 1 saturated heterocycles. The van der Waals surface area contributed by atoms with Crippen molar-refractivity contribution >= 4 is 17.5 Å². The molecule has 0 atom stereocenters. The van der Waals surface area contributed by atoms with Crippen LogP contribution in [0.3, 0.4) is 0 Å². The van der Waals surface area contributed by atoms with Crippen LogP contribution in [0.25, 0.3) is 0 Å². The van der Waals surface area contributed by atoms with E-state index in [0.717, 1.165) is 26.1 Å². The number of anilines is 2. The Kier molecular flexibility index (Phi) is 5.70. The van der Waals surface area contributed by atoms with E-state index in [1.807, 2.05) is 13.8 Å². The topological polar surface area (TPSA) is 99.8 Å². The van der Waals surface area contributed by atoms with Gasteiger partial charge in [0.2, 0.25) is 5.91 Å². The van der Waals surface area contributed by atoms with Crippen LogP contribution < -0.4 is 15.4 Å². The van der Waals surface area contributed by atoms with Crippen LogP contribution in [0.5, 0.6) is 6.01 Å². The van der Waals surface area contributed by atoms with Gasteiger partial charge in [0.25, 0.3) is 0 Å². The lowest BCUT2D eigenvalue weighted by Gasteiger charge is -2.27. The Morgan fingerprint density at radius 1 is 1.28 bits per heavy atom. The lowest BCUT2D eigenvalue weighted by Crippen LogP contribution is -2.35. The molecular formula is C17H26N4O4. The summed E-state index contributed by atoms with van der Waals surface area (Å²) in [7, 11) is 0. The Labute approximate surface area is 147 Å². The second-order valence-electron chi connectivity index (χ2n) is 6.70. The van der Waals surface area contributed by atoms with Gasteiger partial charge in [0.15, 0.2) is 0 Å². The van der Waals surface area contributed by atoms with Crippen molar-refractivity contribution in [2.24, 2.45) is 5.92 Å². The van der Waals surface area contributed by atoms with Crippen molar-refractivity contribution in [2.45, 2.75) is 39.2 Å². The minimum absolute atomic E-state index is 0.0165. The number of amides is 1. The summed E-state index contributed by atoms with van der Waals surface area (Å²) in [6.07, 6.45) is 2.30. The molecule has 0 bridgehead atoms. The number of hydrogen-bond donors (Lipinski definition) is 1. The molecule has 0 saturated carbocycles. The van der Waals surface area contributed by atoms with Gasteiger partial charge in [0, 0.05) is 25.3 Å². The first kappa shape index (κ1) is 17.9. The fourth-order valence-electron chi connectivity index (χ4n) is 3.08. The van der Waals surface area contributed by atoms with Gasteiger partial charge in [-0.15, -0.1) is 0 Å². The summed E-state index contributed by atoms with van der Waals surface area (Å²) < 4.78 is 16.4. The van der Waals surface area contributed by atoms with E-state index < -0.39 is 0 Å². The van der Waals surface area contributed by atoms with Crippen LogP contribution in [0, 0.1) is 5.92 Å². The number of ether oxygens (including phenoxy) is 3. The summed E-state index contributed by atoms with van der Waals surface area (Å²) in [5.41, 5.74) is 6.72. The third-order valence-electron chi connectivity index (χ3n) is 4.43. The average Bonchev–Trinajstić information content (AvgIpc) is 2.89. The van der Waals surface area contributed by atoms with Gasteiger partial charge < -0.3 is 19.9 Å². The number of rotatable bonds is 7. The molecule has 2 aliphatic heterocycles. The molecule has 3 heterocycles. The summed E-state index contributed by atoms with van der Waals surface area (Å²) in [6.45, 7) is 6.84. The molecule has 0 aliphatic carbocycles. The molecule has 8 nitrogen and oxygen atoms in total. The maximum atomic E-state index is 12.4. The van der Waals surface area contributed by atoms with Crippen molar-refractivity contribution in [3.8, 4) is 6.01 Å². The normalized spacial score (nSPS) is 18.0. The SMILES string of the molecule is CC(C)OCCOc1nc(N)c2c(n1)N(CC1CCOCC1)C(=O)C2. The van der Waals surface area contributed by atoms with Crippen LogP contribution in [0.4, 0.5) is 11.6 Å². The number of fused-ring (bicyclic) bond motifs is 1. The standard InChI is InChI=1S/C17H26N4O4/c1-11(2)24-7-8-25-17-19-15(18)13-9-14(22)21(16(13)20-17)10-12-3-5-23-6-4-12/h11-12H,3-10H2,1-2H3,(H2,18,19,20). The van der Waals surface area contributed by atoms with Crippen molar-refractivity contribution < 1.29 is 19.0 Å². The van der Waals surface area contributed by atoms with E-state index in [2.05, 4.69) is 9.97 Å². The van der Waals surface area contributed by atoms with Gasteiger partial charge in [0.05, 0.1) is 19.1 Å². The van der Waals surface area contributed by atoms with E-state index in [1.165, 1.54) is 0 Å². The lowest BCUT2D eigenvalue weighted by molar-refractivity contribution is -0.117. The average molecular weight is 350 g/mol. The van der Waals surface area contributed by atoms with Crippen LogP contribution in [-0.2, 0) is 20.7 Å². The zero-order valence-corrected chi connectivity index (χ0v) is 14.9. The van der Waals surface area contributed by atoms with Gasteiger partial charge in [-0.25, -0.2) is 0 Å². The molecule has 0 aromatic carbocycles. The van der Waals surface area contributed by atoms with Crippen molar-refractivity contribution in [2.75, 3.05) is 43.6 Å². The number of carbonyl (C=O) groups is 1. The predicted molar refractivity (Wildman–Crippen MR) is 92.6 cm³/mol. The Balaban J connectivity index is 1.69. The fraction of sp³-hybridized carbons (Fsp3) is 0.706. The van der Waals surface area contributed by atoms with Gasteiger partial charge in [-0.3, -0.25) is 9.69 Å². The second-order valence-corrected chi connectivity index (χ2v) is 6.70. The fourth-order valence-corrected chi connectivity index (χ4v) is 3.08. The first-order chi connectivity index (χ1) is 12.0. The molecule has 0 unspecified atom stereocenters. The van der Waals surface area contributed by atoms with Crippen LogP contribution in [0.1, 0.15) is 32.3 Å². The van der Waals surface area contributed by atoms with Gasteiger partial charge in [0.1, 0.15) is 18.2 Å². The Morgan fingerprint density at radius 2 is 2.04 bits per heavy atom. The van der Waals surface area contributed by atoms with Gasteiger partial charge in [-0.05, 0) is 32.6 Å². The van der Waals surface area contributed by atoms with Crippen LogP contribution >= 0.6 is 0 Å². The Morgan fingerprint density at radius 3 is 2.76 bits per heavy atom. The molecular weight excluding hydrogens is 324 g/mol. The zero-order valence-electron chi connectivity index (χ0n) is 14.9. The van der Waals surface area contributed by atoms with Crippen LogP contribution in [0.2, 0.25) is 0 Å². The number of nitrogens with two attached hydrogens (primary N) is 1. The Bertz CT molecular complexity index is 617. The molecule has 0 radical (unpaired) electrons. The zero-order chi connectivity index (χ0) is 17.8. The molecule has 1 fully saturated rings. The highest BCUT2D eigenvalue weighted by molar-refractivity contribution is 6.01. The van der Waals surface area contributed by atoms with Gasteiger partial charge in [-0.2, -0.15) is 9.97 Å². The molecule has 1 aromatic heterocycles.